The summed E-state index contributed by atoms with van der Waals surface area (Å²) in [6, 6.07) is 13.0. The molecule has 2 amide bonds. The summed E-state index contributed by atoms with van der Waals surface area (Å²) in [7, 11) is -2.06. The second kappa shape index (κ2) is 16.6. The zero-order valence-electron chi connectivity index (χ0n) is 31.2. The van der Waals surface area contributed by atoms with Gasteiger partial charge in [-0.2, -0.15) is 0 Å². The fourth-order valence-corrected chi connectivity index (χ4v) is 10.1. The number of rotatable bonds is 4. The van der Waals surface area contributed by atoms with E-state index in [-0.39, 0.29) is 29.4 Å². The van der Waals surface area contributed by atoms with Crippen LogP contribution in [-0.2, 0) is 45.5 Å². The van der Waals surface area contributed by atoms with E-state index in [2.05, 4.69) is 20.1 Å². The van der Waals surface area contributed by atoms with E-state index >= 15 is 0 Å². The van der Waals surface area contributed by atoms with Crippen molar-refractivity contribution in [1.29, 1.82) is 0 Å². The Kier molecular flexibility index (Phi) is 11.9. The van der Waals surface area contributed by atoms with Crippen LogP contribution in [-0.4, -0.2) is 70.0 Å². The van der Waals surface area contributed by atoms with E-state index in [9.17, 15) is 18.9 Å². The van der Waals surface area contributed by atoms with Crippen LogP contribution >= 0.6 is 11.6 Å². The molecule has 4 heterocycles. The predicted molar refractivity (Wildman–Crippen MR) is 209 cm³/mol. The minimum absolute atomic E-state index is 0.0702. The maximum absolute atomic E-state index is 15.0. The van der Waals surface area contributed by atoms with Gasteiger partial charge in [0.1, 0.15) is 15.7 Å². The van der Waals surface area contributed by atoms with Crippen molar-refractivity contribution in [2.24, 2.45) is 22.1 Å². The van der Waals surface area contributed by atoms with Crippen molar-refractivity contribution in [3.8, 4) is 5.75 Å². The molecule has 0 spiro atoms. The van der Waals surface area contributed by atoms with Gasteiger partial charge in [-0.1, -0.05) is 36.7 Å². The van der Waals surface area contributed by atoms with Gasteiger partial charge in [0.25, 0.3) is 11.8 Å². The van der Waals surface area contributed by atoms with Crippen molar-refractivity contribution < 1.29 is 33.1 Å². The number of nitrogens with one attached hydrogen (secondary N) is 1. The molecule has 2 bridgehead atoms. The number of carbonyl (C=O) groups excluding carboxylic acids is 2. The maximum Gasteiger partial charge on any atom is 0.286 e. The molecule has 3 aromatic rings. The van der Waals surface area contributed by atoms with Crippen LogP contribution in [0, 0.1) is 17.8 Å². The molecule has 4 aliphatic rings. The van der Waals surface area contributed by atoms with Crippen molar-refractivity contribution in [2.45, 2.75) is 89.5 Å². The molecule has 54 heavy (non-hydrogen) atoms. The number of allylic oxidation sites excluding steroid dienone is 1. The first-order valence-corrected chi connectivity index (χ1v) is 21.0. The van der Waals surface area contributed by atoms with E-state index in [1.807, 2.05) is 35.8 Å². The lowest BCUT2D eigenvalue weighted by molar-refractivity contribution is -0.0382. The van der Waals surface area contributed by atoms with Crippen LogP contribution in [0.2, 0.25) is 5.02 Å². The Labute approximate surface area is 323 Å². The van der Waals surface area contributed by atoms with Crippen LogP contribution in [0.5, 0.6) is 5.75 Å². The highest BCUT2D eigenvalue weighted by molar-refractivity contribution is 7.93. The summed E-state index contributed by atoms with van der Waals surface area (Å²) in [5, 5.41) is 11.4. The second-order valence-electron chi connectivity index (χ2n) is 15.3. The molecule has 3 aliphatic heterocycles. The molecule has 2 N–H and O–H groups in total. The number of ether oxygens (including phenoxy) is 3. The lowest BCUT2D eigenvalue weighted by atomic mass is 9.70. The summed E-state index contributed by atoms with van der Waals surface area (Å²) in [6.45, 7) is 6.61. The van der Waals surface area contributed by atoms with E-state index in [0.29, 0.717) is 62.2 Å². The lowest BCUT2D eigenvalue weighted by Crippen LogP contribution is -2.43. The van der Waals surface area contributed by atoms with Crippen LogP contribution in [0.4, 0.5) is 5.69 Å². The summed E-state index contributed by atoms with van der Waals surface area (Å²) in [5.74, 6) is -0.587. The highest BCUT2D eigenvalue weighted by Crippen LogP contribution is 2.41. The number of aliphatic hydroxyl groups excluding tert-OH is 1. The Balaban J connectivity index is 1.28. The Bertz CT molecular complexity index is 2020. The molecule has 0 saturated heterocycles. The van der Waals surface area contributed by atoms with E-state index in [1.54, 1.807) is 44.5 Å². The molecule has 7 atom stereocenters. The number of hydrogen-bond acceptors (Lipinski definition) is 8. The zero-order valence-corrected chi connectivity index (χ0v) is 32.8. The molecule has 0 radical (unpaired) electrons. The van der Waals surface area contributed by atoms with Crippen LogP contribution in [0.25, 0.3) is 0 Å². The van der Waals surface area contributed by atoms with Crippen LogP contribution < -0.4 is 14.4 Å². The third-order valence-electron chi connectivity index (χ3n) is 11.6. The number of benzene rings is 2. The topological polar surface area (TPSA) is 132 Å². The molecule has 1 fully saturated rings. The number of aromatic nitrogens is 1. The molecule has 2 aromatic carbocycles. The van der Waals surface area contributed by atoms with Crippen molar-refractivity contribution in [1.82, 2.24) is 9.29 Å². The number of fused-ring (bicyclic) bond motifs is 4. The third kappa shape index (κ3) is 8.43. The SMILES string of the molecule is COCC1Cn2cc(C(=O)NS3(=O)=NC(=O)c4ccc5c(c4)N(Cc4ccc(Cl)cc4CCCCO5)CC4CCC4C(O)/C=C/CC(C)C3C)cc2CO1. The quantitative estimate of drug-likeness (QED) is 0.279. The molecule has 1 aromatic heterocycles. The van der Waals surface area contributed by atoms with E-state index in [1.165, 1.54) is 5.56 Å². The van der Waals surface area contributed by atoms with Gasteiger partial charge in [-0.05, 0) is 111 Å². The van der Waals surface area contributed by atoms with Gasteiger partial charge >= 0.3 is 0 Å². The van der Waals surface area contributed by atoms with Gasteiger partial charge < -0.3 is 28.8 Å². The third-order valence-corrected chi connectivity index (χ3v) is 14.2. The van der Waals surface area contributed by atoms with Crippen LogP contribution in [0.15, 0.2) is 65.2 Å². The largest absolute Gasteiger partial charge is 0.491 e. The highest BCUT2D eigenvalue weighted by atomic mass is 35.5. The van der Waals surface area contributed by atoms with Gasteiger partial charge in [-0.15, -0.1) is 4.36 Å². The molecule has 1 saturated carbocycles. The summed E-state index contributed by atoms with van der Waals surface area (Å²) in [6.07, 6.45) is 9.71. The van der Waals surface area contributed by atoms with Gasteiger partial charge in [0.2, 0.25) is 0 Å². The smallest absolute Gasteiger partial charge is 0.286 e. The zero-order chi connectivity index (χ0) is 38.0. The normalized spacial score (nSPS) is 29.5. The van der Waals surface area contributed by atoms with Gasteiger partial charge in [0, 0.05) is 42.7 Å². The van der Waals surface area contributed by atoms with Gasteiger partial charge in [0.05, 0.1) is 55.1 Å². The van der Waals surface area contributed by atoms with Gasteiger partial charge in [-0.25, -0.2) is 4.21 Å². The van der Waals surface area contributed by atoms with Gasteiger partial charge in [0.15, 0.2) is 0 Å². The first-order valence-electron chi connectivity index (χ1n) is 19.1. The maximum atomic E-state index is 15.0. The van der Waals surface area contributed by atoms with Crippen LogP contribution in [0.3, 0.4) is 0 Å². The fourth-order valence-electron chi connectivity index (χ4n) is 7.99. The summed E-state index contributed by atoms with van der Waals surface area (Å²) < 4.78 is 41.5. The molecule has 11 nitrogen and oxygen atoms in total. The highest BCUT2D eigenvalue weighted by Gasteiger charge is 2.37. The van der Waals surface area contributed by atoms with Crippen LogP contribution in [0.1, 0.15) is 83.5 Å². The first kappa shape index (κ1) is 38.6. The van der Waals surface area contributed by atoms with E-state index in [0.717, 1.165) is 49.0 Å². The first-order chi connectivity index (χ1) is 26.0. The molecule has 7 rings (SSSR count). The predicted octanol–water partition coefficient (Wildman–Crippen LogP) is 6.73. The van der Waals surface area contributed by atoms with Crippen molar-refractivity contribution in [3.63, 3.8) is 0 Å². The molecule has 13 heteroatoms. The number of hydrogen-bond donors (Lipinski definition) is 2. The molecule has 1 aliphatic carbocycles. The number of aryl methyl sites for hydroxylation is 1. The Hall–Kier alpha value is -3.68. The van der Waals surface area contributed by atoms with E-state index in [4.69, 9.17) is 25.8 Å². The molecular weight excluding hydrogens is 728 g/mol. The number of methoxy groups -OCH3 is 1. The number of amides is 2. The fraction of sp³-hybridized carbons (Fsp3) is 0.512. The number of nitrogens with zero attached hydrogens (tertiary/aromatic N) is 3. The van der Waals surface area contributed by atoms with Crippen molar-refractivity contribution in [3.05, 3.63) is 93.8 Å². The molecule has 7 unspecified atom stereocenters. The Morgan fingerprint density at radius 2 is 1.96 bits per heavy atom. The lowest BCUT2D eigenvalue weighted by Gasteiger charge is -2.42. The van der Waals surface area contributed by atoms with Gasteiger partial charge in [-0.3, -0.25) is 14.3 Å². The number of anilines is 1. The molecular formula is C41H51ClN4O7S. The average Bonchev–Trinajstić information content (AvgIpc) is 3.55. The average molecular weight is 779 g/mol. The Morgan fingerprint density at radius 3 is 2.76 bits per heavy atom. The summed E-state index contributed by atoms with van der Waals surface area (Å²) in [4.78, 5) is 30.3. The monoisotopic (exact) mass is 778 g/mol. The Morgan fingerprint density at radius 1 is 1.11 bits per heavy atom. The standard InChI is InChI=1S/C41H51ClN4O7S/c1-26-7-6-9-38(47)36-14-11-31(36)21-46-20-30-10-13-33(42)17-28(30)8-4-5-16-52-39-15-12-29(19-37(39)46)40(48)43-54(50,27(26)2)44-41(49)32-18-34-24-53-35(25-51-3)23-45(34)22-32/h6,9-10,12-13,15,17-19,22,26-27,31,35-36,38,47H,4-5,7-8,11,14,16,20-21,23-25H2,1-3H3,(H,43,44,48,49,50)/b9-6+. The summed E-state index contributed by atoms with van der Waals surface area (Å²) >= 11 is 6.46. The number of carbonyl (C=O) groups is 2. The minimum atomic E-state index is -3.68. The summed E-state index contributed by atoms with van der Waals surface area (Å²) in [5.41, 5.74) is 4.41. The number of halogens is 1. The van der Waals surface area contributed by atoms with Crippen molar-refractivity contribution in [2.75, 3.05) is 31.8 Å². The molecule has 290 valence electrons. The minimum Gasteiger partial charge on any atom is -0.491 e. The second-order valence-corrected chi connectivity index (χ2v) is 18.0. The van der Waals surface area contributed by atoms with Crippen molar-refractivity contribution >= 4 is 39.0 Å². The van der Waals surface area contributed by atoms with E-state index < -0.39 is 33.1 Å². The number of aliphatic hydroxyl groups is 1.